The van der Waals surface area contributed by atoms with E-state index < -0.39 is 0 Å². The largest absolute Gasteiger partial charge is 0.335 e. The van der Waals surface area contributed by atoms with Crippen LogP contribution in [0.4, 0.5) is 0 Å². The maximum atomic E-state index is 12.4. The van der Waals surface area contributed by atoms with Crippen LogP contribution in [0.1, 0.15) is 43.4 Å². The van der Waals surface area contributed by atoms with Gasteiger partial charge in [-0.05, 0) is 50.1 Å². The molecule has 1 saturated heterocycles. The Bertz CT molecular complexity index is 414. The van der Waals surface area contributed by atoms with Crippen molar-refractivity contribution in [2.24, 2.45) is 0 Å². The molecule has 5 heteroatoms. The number of thiophene rings is 1. The van der Waals surface area contributed by atoms with Crippen molar-refractivity contribution in [2.75, 3.05) is 6.54 Å². The highest BCUT2D eigenvalue weighted by Gasteiger charge is 2.32. The summed E-state index contributed by atoms with van der Waals surface area (Å²) < 4.78 is 0. The van der Waals surface area contributed by atoms with Crippen LogP contribution >= 0.6 is 23.7 Å². The summed E-state index contributed by atoms with van der Waals surface area (Å²) in [5, 5.41) is 5.56. The fraction of sp³-hybridized carbons (Fsp3) is 0.667. The number of carbonyl (C=O) groups excluding carboxylic acids is 1. The second kappa shape index (κ2) is 7.43. The predicted molar refractivity (Wildman–Crippen MR) is 85.4 cm³/mol. The Balaban J connectivity index is 0.00000147. The lowest BCUT2D eigenvalue weighted by Crippen LogP contribution is -2.33. The Hall–Kier alpha value is -0.580. The van der Waals surface area contributed by atoms with Crippen LogP contribution < -0.4 is 5.32 Å². The number of carbonyl (C=O) groups is 1. The SMILES string of the molecule is Cl.O=C(CCC1CCCN1)N(Cc1cccs1)C1CC1. The molecule has 2 heterocycles. The number of rotatable bonds is 6. The summed E-state index contributed by atoms with van der Waals surface area (Å²) >= 11 is 1.75. The van der Waals surface area contributed by atoms with Crippen LogP contribution in [-0.4, -0.2) is 29.4 Å². The van der Waals surface area contributed by atoms with Crippen LogP contribution in [0.15, 0.2) is 17.5 Å². The molecule has 2 aliphatic rings. The number of hydrogen-bond donors (Lipinski definition) is 1. The molecule has 112 valence electrons. The molecule has 1 amide bonds. The van der Waals surface area contributed by atoms with Gasteiger partial charge in [-0.1, -0.05) is 6.07 Å². The molecule has 3 rings (SSSR count). The lowest BCUT2D eigenvalue weighted by molar-refractivity contribution is -0.132. The van der Waals surface area contributed by atoms with Crippen LogP contribution in [-0.2, 0) is 11.3 Å². The highest BCUT2D eigenvalue weighted by atomic mass is 35.5. The number of nitrogens with one attached hydrogen (secondary N) is 1. The average molecular weight is 315 g/mol. The molecule has 0 bridgehead atoms. The van der Waals surface area contributed by atoms with Crippen molar-refractivity contribution in [3.05, 3.63) is 22.4 Å². The third kappa shape index (κ3) is 4.21. The van der Waals surface area contributed by atoms with E-state index in [-0.39, 0.29) is 12.4 Å². The molecule has 1 unspecified atom stereocenters. The van der Waals surface area contributed by atoms with Gasteiger partial charge >= 0.3 is 0 Å². The minimum Gasteiger partial charge on any atom is -0.335 e. The Kier molecular flexibility index (Phi) is 5.87. The topological polar surface area (TPSA) is 32.3 Å². The smallest absolute Gasteiger partial charge is 0.223 e. The summed E-state index contributed by atoms with van der Waals surface area (Å²) in [6.45, 7) is 1.94. The van der Waals surface area contributed by atoms with Gasteiger partial charge in [-0.25, -0.2) is 0 Å². The minimum atomic E-state index is 0. The highest BCUT2D eigenvalue weighted by molar-refractivity contribution is 7.09. The van der Waals surface area contributed by atoms with E-state index in [1.165, 1.54) is 30.6 Å². The molecule has 1 N–H and O–H groups in total. The second-order valence-electron chi connectivity index (χ2n) is 5.66. The monoisotopic (exact) mass is 314 g/mol. The maximum Gasteiger partial charge on any atom is 0.223 e. The molecule has 0 spiro atoms. The molecule has 1 saturated carbocycles. The molecule has 1 aromatic heterocycles. The third-order valence-electron chi connectivity index (χ3n) is 4.08. The van der Waals surface area contributed by atoms with E-state index in [1.807, 2.05) is 0 Å². The molecule has 0 aromatic carbocycles. The molecule has 1 aliphatic carbocycles. The standard InChI is InChI=1S/C15H22N2OS.ClH/c18-15(8-5-12-3-1-9-16-12)17(13-6-7-13)11-14-4-2-10-19-14;/h2,4,10,12-13,16H,1,3,5-9,11H2;1H. The molecule has 1 aromatic rings. The van der Waals surface area contributed by atoms with Crippen molar-refractivity contribution < 1.29 is 4.79 Å². The summed E-state index contributed by atoms with van der Waals surface area (Å²) in [6, 6.07) is 5.29. The molecule has 0 radical (unpaired) electrons. The van der Waals surface area contributed by atoms with Gasteiger partial charge in [0.15, 0.2) is 0 Å². The van der Waals surface area contributed by atoms with E-state index in [0.29, 0.717) is 24.4 Å². The summed E-state index contributed by atoms with van der Waals surface area (Å²) in [5.74, 6) is 0.351. The zero-order chi connectivity index (χ0) is 13.1. The van der Waals surface area contributed by atoms with Crippen molar-refractivity contribution in [3.63, 3.8) is 0 Å². The first kappa shape index (κ1) is 15.8. The van der Waals surface area contributed by atoms with E-state index in [0.717, 1.165) is 19.5 Å². The fourth-order valence-electron chi connectivity index (χ4n) is 2.82. The first-order chi connectivity index (χ1) is 9.33. The van der Waals surface area contributed by atoms with E-state index in [9.17, 15) is 4.79 Å². The zero-order valence-electron chi connectivity index (χ0n) is 11.7. The van der Waals surface area contributed by atoms with Gasteiger partial charge in [-0.3, -0.25) is 4.79 Å². The molecule has 1 atom stereocenters. The first-order valence-corrected chi connectivity index (χ1v) is 8.26. The van der Waals surface area contributed by atoms with Crippen LogP contribution in [0.5, 0.6) is 0 Å². The quantitative estimate of drug-likeness (QED) is 0.874. The highest BCUT2D eigenvalue weighted by Crippen LogP contribution is 2.30. The number of amides is 1. The fourth-order valence-corrected chi connectivity index (χ4v) is 3.52. The van der Waals surface area contributed by atoms with E-state index in [2.05, 4.69) is 27.7 Å². The van der Waals surface area contributed by atoms with Gasteiger partial charge < -0.3 is 10.2 Å². The Morgan fingerprint density at radius 1 is 1.40 bits per heavy atom. The van der Waals surface area contributed by atoms with Crippen LogP contribution in [0.2, 0.25) is 0 Å². The summed E-state index contributed by atoms with van der Waals surface area (Å²) in [4.78, 5) is 15.8. The Labute approximate surface area is 131 Å². The number of hydrogen-bond acceptors (Lipinski definition) is 3. The van der Waals surface area contributed by atoms with Gasteiger partial charge in [0.2, 0.25) is 5.91 Å². The molecule has 20 heavy (non-hydrogen) atoms. The molecule has 1 aliphatic heterocycles. The molecule has 2 fully saturated rings. The normalized spacial score (nSPS) is 21.5. The van der Waals surface area contributed by atoms with Crippen LogP contribution in [0.25, 0.3) is 0 Å². The average Bonchev–Trinajstić information content (AvgIpc) is 2.94. The van der Waals surface area contributed by atoms with E-state index >= 15 is 0 Å². The summed E-state index contributed by atoms with van der Waals surface area (Å²) in [5.41, 5.74) is 0. The lowest BCUT2D eigenvalue weighted by atomic mass is 10.1. The molecular weight excluding hydrogens is 292 g/mol. The molecular formula is C15H23ClN2OS. The zero-order valence-corrected chi connectivity index (χ0v) is 13.3. The van der Waals surface area contributed by atoms with Crippen LogP contribution in [0, 0.1) is 0 Å². The van der Waals surface area contributed by atoms with Crippen molar-refractivity contribution in [1.82, 2.24) is 10.2 Å². The van der Waals surface area contributed by atoms with Gasteiger partial charge in [0.1, 0.15) is 0 Å². The van der Waals surface area contributed by atoms with Gasteiger partial charge in [-0.2, -0.15) is 0 Å². The van der Waals surface area contributed by atoms with E-state index in [1.54, 1.807) is 11.3 Å². The van der Waals surface area contributed by atoms with Crippen molar-refractivity contribution >= 4 is 29.7 Å². The summed E-state index contributed by atoms with van der Waals surface area (Å²) in [7, 11) is 0. The van der Waals surface area contributed by atoms with Crippen molar-refractivity contribution in [2.45, 2.75) is 57.2 Å². The second-order valence-corrected chi connectivity index (χ2v) is 6.70. The predicted octanol–water partition coefficient (Wildman–Crippen LogP) is 3.19. The van der Waals surface area contributed by atoms with Crippen molar-refractivity contribution in [1.29, 1.82) is 0 Å². The minimum absolute atomic E-state index is 0. The number of nitrogens with zero attached hydrogens (tertiary/aromatic N) is 1. The van der Waals surface area contributed by atoms with Gasteiger partial charge in [0.25, 0.3) is 0 Å². The first-order valence-electron chi connectivity index (χ1n) is 7.38. The van der Waals surface area contributed by atoms with Crippen molar-refractivity contribution in [3.8, 4) is 0 Å². The number of halogens is 1. The third-order valence-corrected chi connectivity index (χ3v) is 4.94. The van der Waals surface area contributed by atoms with Crippen LogP contribution in [0.3, 0.4) is 0 Å². The van der Waals surface area contributed by atoms with Gasteiger partial charge in [0.05, 0.1) is 6.54 Å². The Morgan fingerprint density at radius 2 is 2.25 bits per heavy atom. The summed E-state index contributed by atoms with van der Waals surface area (Å²) in [6.07, 6.45) is 6.60. The lowest BCUT2D eigenvalue weighted by Gasteiger charge is -2.22. The van der Waals surface area contributed by atoms with Gasteiger partial charge in [0, 0.05) is 23.4 Å². The molecule has 3 nitrogen and oxygen atoms in total. The van der Waals surface area contributed by atoms with Gasteiger partial charge in [-0.15, -0.1) is 23.7 Å². The maximum absolute atomic E-state index is 12.4. The Morgan fingerprint density at radius 3 is 2.85 bits per heavy atom. The van der Waals surface area contributed by atoms with E-state index in [4.69, 9.17) is 0 Å².